The highest BCUT2D eigenvalue weighted by Gasteiger charge is 2.33. The van der Waals surface area contributed by atoms with Gasteiger partial charge in [-0.1, -0.05) is 53.8 Å². The molecule has 3 aromatic rings. The summed E-state index contributed by atoms with van der Waals surface area (Å²) in [6.07, 6.45) is 1.70. The average molecular weight is 450 g/mol. The molecule has 1 fully saturated rings. The molecule has 0 bridgehead atoms. The van der Waals surface area contributed by atoms with Gasteiger partial charge in [-0.05, 0) is 50.2 Å². The summed E-state index contributed by atoms with van der Waals surface area (Å²) in [7, 11) is 0. The molecule has 156 valence electrons. The molecule has 2 aromatic carbocycles. The lowest BCUT2D eigenvalue weighted by Crippen LogP contribution is -2.27. The summed E-state index contributed by atoms with van der Waals surface area (Å²) >= 11 is 6.67. The number of anilines is 1. The van der Waals surface area contributed by atoms with E-state index in [1.807, 2.05) is 37.3 Å². The number of ether oxygens (including phenoxy) is 1. The van der Waals surface area contributed by atoms with E-state index in [1.54, 1.807) is 43.3 Å². The largest absolute Gasteiger partial charge is 0.462 e. The van der Waals surface area contributed by atoms with Gasteiger partial charge in [0.2, 0.25) is 0 Å². The lowest BCUT2D eigenvalue weighted by atomic mass is 10.1. The number of amides is 1. The molecule has 0 spiro atoms. The number of thiocarbonyl (C=S) groups is 1. The Balaban J connectivity index is 1.53. The molecule has 0 radical (unpaired) electrons. The highest BCUT2D eigenvalue weighted by atomic mass is 32.2. The number of benzene rings is 2. The first kappa shape index (κ1) is 21.1. The molecule has 5 nitrogen and oxygen atoms in total. The third kappa shape index (κ3) is 4.47. The topological polar surface area (TPSA) is 59.8 Å². The van der Waals surface area contributed by atoms with Gasteiger partial charge in [0, 0.05) is 11.6 Å². The van der Waals surface area contributed by atoms with Crippen molar-refractivity contribution in [1.29, 1.82) is 0 Å². The van der Waals surface area contributed by atoms with E-state index in [-0.39, 0.29) is 11.9 Å². The van der Waals surface area contributed by atoms with Crippen molar-refractivity contribution < 1.29 is 18.7 Å². The fraction of sp³-hybridized carbons (Fsp3) is 0.125. The van der Waals surface area contributed by atoms with E-state index in [0.717, 1.165) is 16.8 Å². The van der Waals surface area contributed by atoms with E-state index in [4.69, 9.17) is 21.4 Å². The number of rotatable bonds is 5. The van der Waals surface area contributed by atoms with Crippen LogP contribution in [0.15, 0.2) is 70.0 Å². The summed E-state index contributed by atoms with van der Waals surface area (Å²) in [4.78, 5) is 26.7. The van der Waals surface area contributed by atoms with Crippen LogP contribution >= 0.6 is 24.0 Å². The minimum Gasteiger partial charge on any atom is -0.462 e. The van der Waals surface area contributed by atoms with E-state index in [2.05, 4.69) is 0 Å². The Kier molecular flexibility index (Phi) is 6.06. The Bertz CT molecular complexity index is 1180. The fourth-order valence-corrected chi connectivity index (χ4v) is 4.36. The van der Waals surface area contributed by atoms with E-state index in [0.29, 0.717) is 32.9 Å². The lowest BCUT2D eigenvalue weighted by molar-refractivity contribution is -0.113. The second-order valence-electron chi connectivity index (χ2n) is 6.85. The molecule has 0 N–H and O–H groups in total. The van der Waals surface area contributed by atoms with Gasteiger partial charge in [0.15, 0.2) is 4.32 Å². The number of carbonyl (C=O) groups excluding carboxylic acids is 2. The standard InChI is InChI=1S/C24H19NO4S2/c1-3-28-23(27)17-8-6-16(7-9-17)20-13-12-19(29-20)14-21-22(26)25(24(30)31-21)18-10-4-15(2)5-11-18/h4-14H,3H2,1-2H3/b21-14+. The molecule has 7 heteroatoms. The predicted molar refractivity (Wildman–Crippen MR) is 127 cm³/mol. The molecule has 1 aromatic heterocycles. The third-order valence-corrected chi connectivity index (χ3v) is 5.97. The smallest absolute Gasteiger partial charge is 0.338 e. The monoisotopic (exact) mass is 449 g/mol. The number of furan rings is 1. The number of hydrogen-bond donors (Lipinski definition) is 0. The number of aryl methyl sites for hydroxylation is 1. The Hall–Kier alpha value is -3.16. The molecule has 0 unspecified atom stereocenters. The van der Waals surface area contributed by atoms with Crippen molar-refractivity contribution in [3.05, 3.63) is 82.5 Å². The molecule has 1 aliphatic heterocycles. The average Bonchev–Trinajstić information content (AvgIpc) is 3.34. The summed E-state index contributed by atoms with van der Waals surface area (Å²) in [5, 5.41) is 0. The molecular formula is C24H19NO4S2. The molecule has 1 amide bonds. The zero-order chi connectivity index (χ0) is 22.0. The molecule has 0 saturated carbocycles. The van der Waals surface area contributed by atoms with Gasteiger partial charge in [0.25, 0.3) is 5.91 Å². The summed E-state index contributed by atoms with van der Waals surface area (Å²) in [6.45, 7) is 4.09. The maximum atomic E-state index is 12.9. The molecule has 31 heavy (non-hydrogen) atoms. The van der Waals surface area contributed by atoms with Gasteiger partial charge in [-0.2, -0.15) is 0 Å². The second-order valence-corrected chi connectivity index (χ2v) is 8.53. The van der Waals surface area contributed by atoms with Crippen LogP contribution in [0.2, 0.25) is 0 Å². The van der Waals surface area contributed by atoms with Crippen LogP contribution in [0.25, 0.3) is 17.4 Å². The van der Waals surface area contributed by atoms with Gasteiger partial charge in [-0.25, -0.2) is 4.79 Å². The summed E-state index contributed by atoms with van der Waals surface area (Å²) in [6, 6.07) is 18.3. The third-order valence-electron chi connectivity index (χ3n) is 4.67. The molecule has 2 heterocycles. The minimum atomic E-state index is -0.357. The van der Waals surface area contributed by atoms with Gasteiger partial charge in [0.1, 0.15) is 11.5 Å². The number of carbonyl (C=O) groups is 2. The predicted octanol–water partition coefficient (Wildman–Crippen LogP) is 5.84. The quantitative estimate of drug-likeness (QED) is 0.277. The Labute approximate surface area is 189 Å². The van der Waals surface area contributed by atoms with Gasteiger partial charge in [-0.3, -0.25) is 9.69 Å². The molecule has 0 atom stereocenters. The van der Waals surface area contributed by atoms with Crippen molar-refractivity contribution in [2.45, 2.75) is 13.8 Å². The number of nitrogens with zero attached hydrogens (tertiary/aromatic N) is 1. The second kappa shape index (κ2) is 8.91. The number of hydrogen-bond acceptors (Lipinski definition) is 6. The molecule has 1 saturated heterocycles. The van der Waals surface area contributed by atoms with Crippen molar-refractivity contribution >= 4 is 51.9 Å². The molecule has 1 aliphatic rings. The number of esters is 1. The maximum absolute atomic E-state index is 12.9. The van der Waals surface area contributed by atoms with Crippen LogP contribution in [0.1, 0.15) is 28.6 Å². The zero-order valence-electron chi connectivity index (χ0n) is 17.0. The van der Waals surface area contributed by atoms with Crippen LogP contribution in [-0.4, -0.2) is 22.8 Å². The van der Waals surface area contributed by atoms with E-state index >= 15 is 0 Å². The summed E-state index contributed by atoms with van der Waals surface area (Å²) in [5.41, 5.74) is 3.17. The van der Waals surface area contributed by atoms with Crippen LogP contribution in [0.3, 0.4) is 0 Å². The summed E-state index contributed by atoms with van der Waals surface area (Å²) in [5.74, 6) is 0.657. The highest BCUT2D eigenvalue weighted by molar-refractivity contribution is 8.27. The fourth-order valence-electron chi connectivity index (χ4n) is 3.08. The van der Waals surface area contributed by atoms with Gasteiger partial charge < -0.3 is 9.15 Å². The van der Waals surface area contributed by atoms with E-state index in [9.17, 15) is 9.59 Å². The highest BCUT2D eigenvalue weighted by Crippen LogP contribution is 2.36. The lowest BCUT2D eigenvalue weighted by Gasteiger charge is -2.14. The Morgan fingerprint density at radius 2 is 1.81 bits per heavy atom. The normalized spacial score (nSPS) is 15.0. The number of thioether (sulfide) groups is 1. The van der Waals surface area contributed by atoms with Crippen molar-refractivity contribution in [3.63, 3.8) is 0 Å². The van der Waals surface area contributed by atoms with Crippen molar-refractivity contribution in [1.82, 2.24) is 0 Å². The first-order valence-corrected chi connectivity index (χ1v) is 10.9. The minimum absolute atomic E-state index is 0.171. The van der Waals surface area contributed by atoms with Gasteiger partial charge >= 0.3 is 5.97 Å². The van der Waals surface area contributed by atoms with Crippen molar-refractivity contribution in [2.75, 3.05) is 11.5 Å². The van der Waals surface area contributed by atoms with Crippen LogP contribution in [0, 0.1) is 6.92 Å². The molecular weight excluding hydrogens is 430 g/mol. The Morgan fingerprint density at radius 3 is 2.48 bits per heavy atom. The van der Waals surface area contributed by atoms with E-state index in [1.165, 1.54) is 16.7 Å². The van der Waals surface area contributed by atoms with Crippen molar-refractivity contribution in [3.8, 4) is 11.3 Å². The zero-order valence-corrected chi connectivity index (χ0v) is 18.6. The van der Waals surface area contributed by atoms with E-state index < -0.39 is 0 Å². The Morgan fingerprint density at radius 1 is 1.10 bits per heavy atom. The van der Waals surface area contributed by atoms with Crippen molar-refractivity contribution in [2.24, 2.45) is 0 Å². The first-order valence-electron chi connectivity index (χ1n) is 9.68. The maximum Gasteiger partial charge on any atom is 0.338 e. The van der Waals surface area contributed by atoms with Gasteiger partial charge in [0.05, 0.1) is 22.8 Å². The van der Waals surface area contributed by atoms with Crippen LogP contribution < -0.4 is 4.90 Å². The van der Waals surface area contributed by atoms with Gasteiger partial charge in [-0.15, -0.1) is 0 Å². The van der Waals surface area contributed by atoms with Crippen LogP contribution in [-0.2, 0) is 9.53 Å². The summed E-state index contributed by atoms with van der Waals surface area (Å²) < 4.78 is 11.4. The first-order chi connectivity index (χ1) is 15.0. The van der Waals surface area contributed by atoms with Crippen LogP contribution in [0.4, 0.5) is 5.69 Å². The molecule has 4 rings (SSSR count). The molecule has 0 aliphatic carbocycles. The van der Waals surface area contributed by atoms with Crippen LogP contribution in [0.5, 0.6) is 0 Å². The SMILES string of the molecule is CCOC(=O)c1ccc(-c2ccc(/C=C3/SC(=S)N(c4ccc(C)cc4)C3=O)o2)cc1.